The van der Waals surface area contributed by atoms with Crippen molar-refractivity contribution in [1.29, 1.82) is 0 Å². The maximum Gasteiger partial charge on any atom is 0.353 e. The first-order valence-corrected chi connectivity index (χ1v) is 8.18. The SMILES string of the molecule is COc1ccc(Nc2ncnc(NCCC(C)C)c2[N+](=O)[O-])c(OC)c1. The second-order valence-corrected chi connectivity index (χ2v) is 5.98. The molecule has 26 heavy (non-hydrogen) atoms. The van der Waals surface area contributed by atoms with Gasteiger partial charge in [0, 0.05) is 12.6 Å². The Morgan fingerprint density at radius 2 is 1.92 bits per heavy atom. The van der Waals surface area contributed by atoms with Crippen LogP contribution < -0.4 is 20.1 Å². The molecule has 0 aliphatic carbocycles. The second kappa shape index (κ2) is 8.84. The van der Waals surface area contributed by atoms with Crippen LogP contribution in [0.25, 0.3) is 0 Å². The van der Waals surface area contributed by atoms with Crippen LogP contribution in [0.15, 0.2) is 24.5 Å². The van der Waals surface area contributed by atoms with Crippen LogP contribution >= 0.6 is 0 Å². The number of hydrogen-bond donors (Lipinski definition) is 2. The fourth-order valence-electron chi connectivity index (χ4n) is 2.28. The first kappa shape index (κ1) is 19.2. The van der Waals surface area contributed by atoms with Crippen LogP contribution in [0.1, 0.15) is 20.3 Å². The molecule has 0 aliphatic heterocycles. The fourth-order valence-corrected chi connectivity index (χ4v) is 2.28. The number of hydrogen-bond acceptors (Lipinski definition) is 8. The summed E-state index contributed by atoms with van der Waals surface area (Å²) in [5.41, 5.74) is 0.317. The largest absolute Gasteiger partial charge is 0.497 e. The summed E-state index contributed by atoms with van der Waals surface area (Å²) in [7, 11) is 3.06. The van der Waals surface area contributed by atoms with Crippen LogP contribution in [0.4, 0.5) is 23.0 Å². The van der Waals surface area contributed by atoms with Crippen molar-refractivity contribution in [2.45, 2.75) is 20.3 Å². The summed E-state index contributed by atoms with van der Waals surface area (Å²) in [5.74, 6) is 1.83. The van der Waals surface area contributed by atoms with Gasteiger partial charge in [-0.25, -0.2) is 9.97 Å². The smallest absolute Gasteiger partial charge is 0.353 e. The minimum atomic E-state index is -0.504. The molecule has 1 aromatic heterocycles. The van der Waals surface area contributed by atoms with E-state index in [-0.39, 0.29) is 17.3 Å². The molecule has 9 heteroatoms. The van der Waals surface area contributed by atoms with Gasteiger partial charge in [0.1, 0.15) is 17.8 Å². The highest BCUT2D eigenvalue weighted by atomic mass is 16.6. The first-order valence-electron chi connectivity index (χ1n) is 8.18. The quantitative estimate of drug-likeness (QED) is 0.515. The molecule has 140 valence electrons. The molecular formula is C17H23N5O4. The van der Waals surface area contributed by atoms with E-state index in [1.807, 2.05) is 0 Å². The number of rotatable bonds is 9. The summed E-state index contributed by atoms with van der Waals surface area (Å²) in [4.78, 5) is 19.1. The molecule has 0 saturated carbocycles. The van der Waals surface area contributed by atoms with E-state index in [1.165, 1.54) is 13.4 Å². The fraction of sp³-hybridized carbons (Fsp3) is 0.412. The van der Waals surface area contributed by atoms with E-state index in [2.05, 4.69) is 34.4 Å². The third kappa shape index (κ3) is 4.71. The average Bonchev–Trinajstić information content (AvgIpc) is 2.61. The van der Waals surface area contributed by atoms with E-state index >= 15 is 0 Å². The lowest BCUT2D eigenvalue weighted by molar-refractivity contribution is -0.383. The zero-order valence-electron chi connectivity index (χ0n) is 15.3. The Labute approximate surface area is 151 Å². The van der Waals surface area contributed by atoms with E-state index in [9.17, 15) is 10.1 Å². The highest BCUT2D eigenvalue weighted by Gasteiger charge is 2.23. The molecule has 0 aliphatic rings. The molecule has 2 rings (SSSR count). The summed E-state index contributed by atoms with van der Waals surface area (Å²) < 4.78 is 10.5. The molecule has 0 fully saturated rings. The van der Waals surface area contributed by atoms with E-state index in [0.29, 0.717) is 29.6 Å². The van der Waals surface area contributed by atoms with Crippen LogP contribution in [0.3, 0.4) is 0 Å². The Balaban J connectivity index is 2.33. The number of nitrogens with one attached hydrogen (secondary N) is 2. The minimum absolute atomic E-state index is 0.0838. The van der Waals surface area contributed by atoms with Crippen LogP contribution in [0, 0.1) is 16.0 Å². The van der Waals surface area contributed by atoms with Gasteiger partial charge in [-0.3, -0.25) is 10.1 Å². The Hall–Kier alpha value is -3.10. The summed E-state index contributed by atoms with van der Waals surface area (Å²) >= 11 is 0. The van der Waals surface area contributed by atoms with Crippen molar-refractivity contribution in [2.75, 3.05) is 31.4 Å². The molecule has 1 heterocycles. The molecule has 1 aromatic carbocycles. The molecule has 9 nitrogen and oxygen atoms in total. The van der Waals surface area contributed by atoms with Gasteiger partial charge in [-0.1, -0.05) is 13.8 Å². The van der Waals surface area contributed by atoms with Crippen molar-refractivity contribution in [3.05, 3.63) is 34.6 Å². The summed E-state index contributed by atoms with van der Waals surface area (Å²) in [6, 6.07) is 5.10. The molecule has 2 aromatic rings. The second-order valence-electron chi connectivity index (χ2n) is 5.98. The van der Waals surface area contributed by atoms with E-state index in [0.717, 1.165) is 6.42 Å². The Bertz CT molecular complexity index is 767. The normalized spacial score (nSPS) is 10.5. The number of benzene rings is 1. The molecule has 0 spiro atoms. The lowest BCUT2D eigenvalue weighted by atomic mass is 10.1. The van der Waals surface area contributed by atoms with Crippen LogP contribution in [-0.4, -0.2) is 35.7 Å². The predicted octanol–water partition coefficient (Wildman–Crippen LogP) is 3.60. The molecular weight excluding hydrogens is 338 g/mol. The van der Waals surface area contributed by atoms with Gasteiger partial charge in [0.25, 0.3) is 0 Å². The zero-order chi connectivity index (χ0) is 19.1. The third-order valence-electron chi connectivity index (χ3n) is 3.68. The van der Waals surface area contributed by atoms with Crippen molar-refractivity contribution in [2.24, 2.45) is 5.92 Å². The molecule has 2 N–H and O–H groups in total. The summed E-state index contributed by atoms with van der Waals surface area (Å²) in [6.07, 6.45) is 2.15. The van der Waals surface area contributed by atoms with E-state index < -0.39 is 4.92 Å². The molecule has 0 amide bonds. The Kier molecular flexibility index (Phi) is 6.54. The Morgan fingerprint density at radius 3 is 2.54 bits per heavy atom. The number of methoxy groups -OCH3 is 2. The highest BCUT2D eigenvalue weighted by molar-refractivity contribution is 5.76. The van der Waals surface area contributed by atoms with Gasteiger partial charge >= 0.3 is 5.69 Å². The maximum atomic E-state index is 11.6. The first-order chi connectivity index (χ1) is 12.5. The van der Waals surface area contributed by atoms with Gasteiger partial charge < -0.3 is 20.1 Å². The molecule has 0 radical (unpaired) electrons. The highest BCUT2D eigenvalue weighted by Crippen LogP contribution is 2.35. The zero-order valence-corrected chi connectivity index (χ0v) is 15.3. The minimum Gasteiger partial charge on any atom is -0.497 e. The molecule has 0 atom stereocenters. The average molecular weight is 361 g/mol. The third-order valence-corrected chi connectivity index (χ3v) is 3.68. The molecule has 0 bridgehead atoms. The van der Waals surface area contributed by atoms with E-state index in [4.69, 9.17) is 9.47 Å². The van der Waals surface area contributed by atoms with Crippen LogP contribution in [-0.2, 0) is 0 Å². The number of nitro groups is 1. The van der Waals surface area contributed by atoms with Crippen molar-refractivity contribution in [3.63, 3.8) is 0 Å². The van der Waals surface area contributed by atoms with Gasteiger partial charge in [0.2, 0.25) is 11.6 Å². The lowest BCUT2D eigenvalue weighted by Gasteiger charge is -2.13. The van der Waals surface area contributed by atoms with Gasteiger partial charge in [-0.15, -0.1) is 0 Å². The summed E-state index contributed by atoms with van der Waals surface area (Å²) in [6.45, 7) is 4.75. The molecule has 0 unspecified atom stereocenters. The number of ether oxygens (including phenoxy) is 2. The van der Waals surface area contributed by atoms with Gasteiger partial charge in [0.05, 0.1) is 24.8 Å². The number of aromatic nitrogens is 2. The summed E-state index contributed by atoms with van der Waals surface area (Å²) in [5, 5.41) is 17.5. The number of anilines is 3. The van der Waals surface area contributed by atoms with E-state index in [1.54, 1.807) is 25.3 Å². The predicted molar refractivity (Wildman–Crippen MR) is 99.5 cm³/mol. The topological polar surface area (TPSA) is 111 Å². The van der Waals surface area contributed by atoms with Crippen molar-refractivity contribution >= 4 is 23.0 Å². The van der Waals surface area contributed by atoms with Gasteiger partial charge in [0.15, 0.2) is 0 Å². The van der Waals surface area contributed by atoms with Crippen molar-refractivity contribution < 1.29 is 14.4 Å². The van der Waals surface area contributed by atoms with Crippen LogP contribution in [0.5, 0.6) is 11.5 Å². The van der Waals surface area contributed by atoms with Crippen molar-refractivity contribution in [1.82, 2.24) is 9.97 Å². The molecule has 0 saturated heterocycles. The maximum absolute atomic E-state index is 11.6. The monoisotopic (exact) mass is 361 g/mol. The lowest BCUT2D eigenvalue weighted by Crippen LogP contribution is -2.10. The van der Waals surface area contributed by atoms with Gasteiger partial charge in [-0.2, -0.15) is 0 Å². The van der Waals surface area contributed by atoms with Gasteiger partial charge in [-0.05, 0) is 24.5 Å². The Morgan fingerprint density at radius 1 is 1.19 bits per heavy atom. The number of nitrogens with zero attached hydrogens (tertiary/aromatic N) is 3. The van der Waals surface area contributed by atoms with Crippen molar-refractivity contribution in [3.8, 4) is 11.5 Å². The van der Waals surface area contributed by atoms with Crippen LogP contribution in [0.2, 0.25) is 0 Å². The standard InChI is InChI=1S/C17H23N5O4/c1-11(2)7-8-18-16-15(22(23)24)17(20-10-19-16)21-13-6-5-12(25-3)9-14(13)26-4/h5-6,9-11H,7-8H2,1-4H3,(H2,18,19,20,21).